The highest BCUT2D eigenvalue weighted by Crippen LogP contribution is 2.37. The number of anilines is 1. The van der Waals surface area contributed by atoms with E-state index in [0.29, 0.717) is 0 Å². The Morgan fingerprint density at radius 3 is 2.38 bits per heavy atom. The third-order valence-electron chi connectivity index (χ3n) is 1.10. The van der Waals surface area contributed by atoms with Crippen LogP contribution in [0.15, 0.2) is 0 Å². The molecule has 0 saturated carbocycles. The normalized spacial score (nSPS) is 11.6. The van der Waals surface area contributed by atoms with Gasteiger partial charge in [-0.15, -0.1) is 0 Å². The zero-order chi connectivity index (χ0) is 10.2. The Kier molecular flexibility index (Phi) is 2.16. The number of nitrogens with two attached hydrogens (primary N) is 1. The number of aromatic carboxylic acids is 1. The van der Waals surface area contributed by atoms with Crippen LogP contribution in [0.25, 0.3) is 0 Å². The molecule has 4 nitrogen and oxygen atoms in total. The van der Waals surface area contributed by atoms with Crippen LogP contribution in [0.2, 0.25) is 0 Å². The highest BCUT2D eigenvalue weighted by atomic mass is 32.1. The second-order valence-corrected chi connectivity index (χ2v) is 3.06. The smallest absolute Gasteiger partial charge is 0.428 e. The zero-order valence-electron chi connectivity index (χ0n) is 5.92. The molecule has 0 atom stereocenters. The maximum atomic E-state index is 12.1. The van der Waals surface area contributed by atoms with E-state index >= 15 is 0 Å². The van der Waals surface area contributed by atoms with Gasteiger partial charge in [0, 0.05) is 0 Å². The number of rotatable bonds is 1. The van der Waals surface area contributed by atoms with Gasteiger partial charge in [0.2, 0.25) is 0 Å². The van der Waals surface area contributed by atoms with E-state index in [4.69, 9.17) is 10.8 Å². The number of hydrogen-bond donors (Lipinski definition) is 2. The maximum absolute atomic E-state index is 12.1. The molecular weight excluding hydrogens is 209 g/mol. The van der Waals surface area contributed by atoms with Crippen molar-refractivity contribution in [1.29, 1.82) is 0 Å². The fourth-order valence-electron chi connectivity index (χ4n) is 0.674. The number of thiazole rings is 1. The predicted molar refractivity (Wildman–Crippen MR) is 38.5 cm³/mol. The largest absolute Gasteiger partial charge is 0.476 e. The molecule has 0 aromatic carbocycles. The average molecular weight is 212 g/mol. The van der Waals surface area contributed by atoms with Crippen LogP contribution in [0.1, 0.15) is 15.4 Å². The molecule has 0 spiro atoms. The van der Waals surface area contributed by atoms with Crippen molar-refractivity contribution in [1.82, 2.24) is 4.98 Å². The molecule has 8 heteroatoms. The minimum atomic E-state index is -4.72. The summed E-state index contributed by atoms with van der Waals surface area (Å²) in [5.74, 6) is -1.74. The maximum Gasteiger partial charge on any atom is 0.428 e. The molecule has 0 aliphatic rings. The van der Waals surface area contributed by atoms with E-state index in [1.165, 1.54) is 0 Å². The highest BCUT2D eigenvalue weighted by molar-refractivity contribution is 7.15. The summed E-state index contributed by atoms with van der Waals surface area (Å²) in [6.45, 7) is 0. The first-order valence-corrected chi connectivity index (χ1v) is 3.71. The lowest BCUT2D eigenvalue weighted by Gasteiger charge is -2.01. The fourth-order valence-corrected chi connectivity index (χ4v) is 1.37. The van der Waals surface area contributed by atoms with E-state index in [-0.39, 0.29) is 11.3 Å². The van der Waals surface area contributed by atoms with Crippen LogP contribution in [0.5, 0.6) is 0 Å². The Morgan fingerprint density at radius 2 is 2.08 bits per heavy atom. The van der Waals surface area contributed by atoms with Crippen molar-refractivity contribution < 1.29 is 23.1 Å². The van der Waals surface area contributed by atoms with Crippen LogP contribution in [0.4, 0.5) is 18.3 Å². The molecule has 0 aliphatic carbocycles. The Morgan fingerprint density at radius 1 is 1.54 bits per heavy atom. The molecule has 1 rings (SSSR count). The molecule has 0 aliphatic heterocycles. The molecule has 0 saturated heterocycles. The summed E-state index contributed by atoms with van der Waals surface area (Å²) in [6, 6.07) is 0. The lowest BCUT2D eigenvalue weighted by Crippen LogP contribution is -2.10. The van der Waals surface area contributed by atoms with E-state index in [1.807, 2.05) is 0 Å². The van der Waals surface area contributed by atoms with E-state index in [0.717, 1.165) is 0 Å². The summed E-state index contributed by atoms with van der Waals surface area (Å²) in [5.41, 5.74) is 3.91. The standard InChI is InChI=1S/C5H3F3N2O2S/c6-5(7,8)2-1(3(11)12)10-4(9)13-2/h(H2,9,10)(H,11,12). The Hall–Kier alpha value is -1.31. The van der Waals surface area contributed by atoms with Gasteiger partial charge in [0.15, 0.2) is 10.8 Å². The summed E-state index contributed by atoms with van der Waals surface area (Å²) in [5, 5.41) is 7.92. The molecular formula is C5H3F3N2O2S. The van der Waals surface area contributed by atoms with Crippen LogP contribution < -0.4 is 5.73 Å². The minimum absolute atomic E-state index is 0.110. The van der Waals surface area contributed by atoms with Crippen LogP contribution >= 0.6 is 11.3 Å². The van der Waals surface area contributed by atoms with Crippen LogP contribution in [0.3, 0.4) is 0 Å². The number of carboxylic acids is 1. The van der Waals surface area contributed by atoms with E-state index in [9.17, 15) is 18.0 Å². The van der Waals surface area contributed by atoms with Gasteiger partial charge in [-0.1, -0.05) is 11.3 Å². The number of carboxylic acid groups (broad SMARTS) is 1. The van der Waals surface area contributed by atoms with Crippen LogP contribution in [-0.4, -0.2) is 16.1 Å². The third-order valence-corrected chi connectivity index (χ3v) is 2.03. The number of nitrogen functional groups attached to an aromatic ring is 1. The van der Waals surface area contributed by atoms with Gasteiger partial charge in [0.1, 0.15) is 4.88 Å². The number of alkyl halides is 3. The van der Waals surface area contributed by atoms with Crippen LogP contribution in [-0.2, 0) is 6.18 Å². The first-order chi connectivity index (χ1) is 5.82. The number of hydrogen-bond acceptors (Lipinski definition) is 4. The topological polar surface area (TPSA) is 76.2 Å². The quantitative estimate of drug-likeness (QED) is 0.738. The van der Waals surface area contributed by atoms with Gasteiger partial charge in [0.05, 0.1) is 0 Å². The predicted octanol–water partition coefficient (Wildman–Crippen LogP) is 1.44. The SMILES string of the molecule is Nc1nc(C(=O)O)c(C(F)(F)F)s1. The summed E-state index contributed by atoms with van der Waals surface area (Å²) in [4.78, 5) is 12.0. The Bertz CT molecular complexity index is 346. The van der Waals surface area contributed by atoms with E-state index in [2.05, 4.69) is 4.98 Å². The molecule has 3 N–H and O–H groups in total. The van der Waals surface area contributed by atoms with Gasteiger partial charge < -0.3 is 10.8 Å². The van der Waals surface area contributed by atoms with Crippen molar-refractivity contribution in [3.8, 4) is 0 Å². The van der Waals surface area contributed by atoms with Gasteiger partial charge in [-0.3, -0.25) is 0 Å². The molecule has 1 aromatic heterocycles. The van der Waals surface area contributed by atoms with Crippen molar-refractivity contribution in [2.24, 2.45) is 0 Å². The number of nitrogens with zero attached hydrogens (tertiary/aromatic N) is 1. The molecule has 0 radical (unpaired) electrons. The summed E-state index contributed by atoms with van der Waals surface area (Å²) < 4.78 is 36.2. The van der Waals surface area contributed by atoms with Crippen molar-refractivity contribution in [2.75, 3.05) is 5.73 Å². The average Bonchev–Trinajstić information content (AvgIpc) is 2.29. The van der Waals surface area contributed by atoms with E-state index in [1.54, 1.807) is 0 Å². The number of carbonyl (C=O) groups is 1. The monoisotopic (exact) mass is 212 g/mol. The Balaban J connectivity index is 3.28. The van der Waals surface area contributed by atoms with Crippen molar-refractivity contribution in [3.63, 3.8) is 0 Å². The van der Waals surface area contributed by atoms with Gasteiger partial charge in [-0.2, -0.15) is 13.2 Å². The zero-order valence-corrected chi connectivity index (χ0v) is 6.74. The van der Waals surface area contributed by atoms with Crippen molar-refractivity contribution in [3.05, 3.63) is 10.6 Å². The Labute approximate surface area is 73.8 Å². The summed E-state index contributed by atoms with van der Waals surface area (Å²) >= 11 is 0.110. The molecule has 0 amide bonds. The third kappa shape index (κ3) is 1.89. The number of aromatic nitrogens is 1. The molecule has 13 heavy (non-hydrogen) atoms. The van der Waals surface area contributed by atoms with Crippen molar-refractivity contribution >= 4 is 22.4 Å². The van der Waals surface area contributed by atoms with Crippen molar-refractivity contribution in [2.45, 2.75) is 6.18 Å². The lowest BCUT2D eigenvalue weighted by molar-refractivity contribution is -0.135. The molecule has 72 valence electrons. The van der Waals surface area contributed by atoms with Gasteiger partial charge >= 0.3 is 12.1 Å². The van der Waals surface area contributed by atoms with Gasteiger partial charge in [0.25, 0.3) is 0 Å². The number of halogens is 3. The minimum Gasteiger partial charge on any atom is -0.476 e. The lowest BCUT2D eigenvalue weighted by atomic mass is 10.3. The molecule has 0 bridgehead atoms. The molecule has 0 fully saturated rings. The first kappa shape index (κ1) is 9.78. The molecule has 0 unspecified atom stereocenters. The summed E-state index contributed by atoms with van der Waals surface area (Å²) in [7, 11) is 0. The fraction of sp³-hybridized carbons (Fsp3) is 0.200. The summed E-state index contributed by atoms with van der Waals surface area (Å²) in [6.07, 6.45) is -4.72. The highest BCUT2D eigenvalue weighted by Gasteiger charge is 2.39. The second-order valence-electron chi connectivity index (χ2n) is 2.03. The van der Waals surface area contributed by atoms with Gasteiger partial charge in [-0.05, 0) is 0 Å². The molecule has 1 aromatic rings. The molecule has 1 heterocycles. The van der Waals surface area contributed by atoms with Crippen LogP contribution in [0, 0.1) is 0 Å². The second kappa shape index (κ2) is 2.87. The van der Waals surface area contributed by atoms with E-state index < -0.39 is 27.8 Å². The first-order valence-electron chi connectivity index (χ1n) is 2.89. The van der Waals surface area contributed by atoms with Gasteiger partial charge in [-0.25, -0.2) is 9.78 Å².